The molecule has 5 N–H and O–H groups in total. The minimum atomic E-state index is -0.982. The number of nitrogens with zero attached hydrogens (tertiary/aromatic N) is 1. The fourth-order valence-corrected chi connectivity index (χ4v) is 5.64. The maximum atomic E-state index is 12.9. The van der Waals surface area contributed by atoms with Crippen molar-refractivity contribution >= 4 is 11.8 Å². The van der Waals surface area contributed by atoms with E-state index in [0.717, 1.165) is 32.1 Å². The van der Waals surface area contributed by atoms with Gasteiger partial charge in [0, 0.05) is 13.1 Å². The first-order valence-electron chi connectivity index (χ1n) is 16.8. The number of hydrogen-bond donors (Lipinski definition) is 5. The monoisotopic (exact) mass is 568 g/mol. The summed E-state index contributed by atoms with van der Waals surface area (Å²) < 4.78 is 0. The number of unbranched alkanes of at least 4 members (excludes halogenated alkanes) is 14. The number of nitrogens with one attached hydrogen (secondary N) is 3. The lowest BCUT2D eigenvalue weighted by Gasteiger charge is -2.47. The van der Waals surface area contributed by atoms with E-state index in [1.807, 2.05) is 6.92 Å². The molecule has 0 aromatic heterocycles. The summed E-state index contributed by atoms with van der Waals surface area (Å²) in [7, 11) is 0. The summed E-state index contributed by atoms with van der Waals surface area (Å²) in [6.45, 7) is 7.08. The Morgan fingerprint density at radius 2 is 1.12 bits per heavy atom. The van der Waals surface area contributed by atoms with Gasteiger partial charge in [0.15, 0.2) is 0 Å². The minimum absolute atomic E-state index is 0.0325. The maximum Gasteiger partial charge on any atom is 0.244 e. The van der Waals surface area contributed by atoms with E-state index < -0.39 is 18.0 Å². The van der Waals surface area contributed by atoms with Gasteiger partial charge in [-0.25, -0.2) is 0 Å². The SMILES string of the molecule is CCCCCCCCCCC(O)CNC(CCC)(NCC(O)CCCCCCCCCC)N1CC(=O)NCC1=O. The average molecular weight is 569 g/mol. The summed E-state index contributed by atoms with van der Waals surface area (Å²) >= 11 is 0. The quantitative estimate of drug-likeness (QED) is 0.0673. The van der Waals surface area contributed by atoms with E-state index in [1.165, 1.54) is 77.0 Å². The summed E-state index contributed by atoms with van der Waals surface area (Å²) in [5, 5.41) is 31.0. The molecule has 8 nitrogen and oxygen atoms in total. The Labute approximate surface area is 245 Å². The van der Waals surface area contributed by atoms with E-state index in [1.54, 1.807) is 4.90 Å². The molecule has 2 atom stereocenters. The molecule has 0 bridgehead atoms. The number of amides is 2. The van der Waals surface area contributed by atoms with Crippen LogP contribution in [0.1, 0.15) is 149 Å². The molecule has 0 aromatic carbocycles. The molecule has 1 aliphatic heterocycles. The van der Waals surface area contributed by atoms with Crippen LogP contribution in [-0.4, -0.2) is 71.1 Å². The summed E-state index contributed by atoms with van der Waals surface area (Å²) in [4.78, 5) is 26.8. The van der Waals surface area contributed by atoms with E-state index in [0.29, 0.717) is 32.4 Å². The van der Waals surface area contributed by atoms with Gasteiger partial charge in [-0.1, -0.05) is 130 Å². The second-order valence-electron chi connectivity index (χ2n) is 12.0. The number of carbonyl (C=O) groups is 2. The van der Waals surface area contributed by atoms with Crippen molar-refractivity contribution in [3.05, 3.63) is 0 Å². The van der Waals surface area contributed by atoms with Crippen LogP contribution in [0.3, 0.4) is 0 Å². The molecular weight excluding hydrogens is 504 g/mol. The van der Waals surface area contributed by atoms with Gasteiger partial charge in [-0.2, -0.15) is 0 Å². The molecule has 2 amide bonds. The van der Waals surface area contributed by atoms with Crippen LogP contribution in [-0.2, 0) is 9.59 Å². The molecule has 236 valence electrons. The zero-order valence-corrected chi connectivity index (χ0v) is 26.3. The van der Waals surface area contributed by atoms with Gasteiger partial charge in [-0.15, -0.1) is 0 Å². The van der Waals surface area contributed by atoms with E-state index in [-0.39, 0.29) is 24.9 Å². The first-order chi connectivity index (χ1) is 19.4. The van der Waals surface area contributed by atoms with Crippen LogP contribution < -0.4 is 16.0 Å². The normalized spacial score (nSPS) is 17.1. The zero-order chi connectivity index (χ0) is 29.5. The average Bonchev–Trinajstić information content (AvgIpc) is 2.94. The lowest BCUT2D eigenvalue weighted by molar-refractivity contribution is -0.151. The van der Waals surface area contributed by atoms with Gasteiger partial charge in [-0.3, -0.25) is 20.2 Å². The van der Waals surface area contributed by atoms with E-state index >= 15 is 0 Å². The van der Waals surface area contributed by atoms with Crippen LogP contribution in [0, 0.1) is 0 Å². The number of aliphatic hydroxyl groups is 2. The molecule has 0 saturated carbocycles. The predicted octanol–water partition coefficient (Wildman–Crippen LogP) is 5.36. The van der Waals surface area contributed by atoms with Crippen molar-refractivity contribution in [3.8, 4) is 0 Å². The minimum Gasteiger partial charge on any atom is -0.392 e. The molecule has 0 radical (unpaired) electrons. The highest BCUT2D eigenvalue weighted by atomic mass is 16.3. The largest absolute Gasteiger partial charge is 0.392 e. The summed E-state index contributed by atoms with van der Waals surface area (Å²) in [5.74, 6) is -1.34. The van der Waals surface area contributed by atoms with Gasteiger partial charge in [0.25, 0.3) is 0 Å². The smallest absolute Gasteiger partial charge is 0.244 e. The highest BCUT2D eigenvalue weighted by Gasteiger charge is 2.42. The third kappa shape index (κ3) is 16.3. The highest BCUT2D eigenvalue weighted by molar-refractivity contribution is 5.92. The standard InChI is InChI=1S/C32H64N4O4/c1-4-7-9-11-13-15-17-19-21-28(37)24-34-32(23-6-3,36-27-30(39)33-26-31(36)40)35-25-29(38)22-20-18-16-14-12-10-8-5-2/h28-29,34-35,37-38H,4-27H2,1-3H3,(H,33,39). The number of piperazine rings is 1. The van der Waals surface area contributed by atoms with Crippen molar-refractivity contribution in [1.82, 2.24) is 20.9 Å². The summed E-state index contributed by atoms with van der Waals surface area (Å²) in [5.41, 5.74) is 0. The third-order valence-electron chi connectivity index (χ3n) is 8.15. The van der Waals surface area contributed by atoms with Crippen molar-refractivity contribution in [1.29, 1.82) is 0 Å². The Morgan fingerprint density at radius 3 is 1.55 bits per heavy atom. The lowest BCUT2D eigenvalue weighted by Crippen LogP contribution is -2.74. The third-order valence-corrected chi connectivity index (χ3v) is 8.15. The molecule has 0 aliphatic carbocycles. The van der Waals surface area contributed by atoms with Gasteiger partial charge in [0.05, 0.1) is 18.8 Å². The Balaban J connectivity index is 2.60. The van der Waals surface area contributed by atoms with E-state index in [2.05, 4.69) is 29.8 Å². The van der Waals surface area contributed by atoms with Crippen LogP contribution in [0.4, 0.5) is 0 Å². The van der Waals surface area contributed by atoms with Crippen LogP contribution in [0.15, 0.2) is 0 Å². The zero-order valence-electron chi connectivity index (χ0n) is 26.3. The van der Waals surface area contributed by atoms with Gasteiger partial charge in [0.1, 0.15) is 12.3 Å². The molecule has 0 spiro atoms. The first-order valence-corrected chi connectivity index (χ1v) is 16.8. The molecule has 8 heteroatoms. The molecular formula is C32H64N4O4. The van der Waals surface area contributed by atoms with Gasteiger partial charge < -0.3 is 20.4 Å². The lowest BCUT2D eigenvalue weighted by atomic mass is 10.0. The Hall–Kier alpha value is -1.22. The number of rotatable bonds is 27. The second-order valence-corrected chi connectivity index (χ2v) is 12.0. The molecule has 1 aliphatic rings. The van der Waals surface area contributed by atoms with Crippen molar-refractivity contribution in [2.75, 3.05) is 26.2 Å². The Morgan fingerprint density at radius 1 is 0.700 bits per heavy atom. The van der Waals surface area contributed by atoms with Crippen molar-refractivity contribution in [3.63, 3.8) is 0 Å². The maximum absolute atomic E-state index is 12.9. The molecule has 2 unspecified atom stereocenters. The van der Waals surface area contributed by atoms with Gasteiger partial charge >= 0.3 is 0 Å². The van der Waals surface area contributed by atoms with E-state index in [9.17, 15) is 19.8 Å². The topological polar surface area (TPSA) is 114 Å². The molecule has 40 heavy (non-hydrogen) atoms. The van der Waals surface area contributed by atoms with E-state index in [4.69, 9.17) is 0 Å². The summed E-state index contributed by atoms with van der Waals surface area (Å²) in [6.07, 6.45) is 21.2. The second kappa shape index (κ2) is 23.4. The molecule has 1 saturated heterocycles. The van der Waals surface area contributed by atoms with Crippen LogP contribution in [0.2, 0.25) is 0 Å². The van der Waals surface area contributed by atoms with Crippen molar-refractivity contribution < 1.29 is 19.8 Å². The highest BCUT2D eigenvalue weighted by Crippen LogP contribution is 2.20. The number of carbonyl (C=O) groups excluding carboxylic acids is 2. The molecule has 0 aromatic rings. The van der Waals surface area contributed by atoms with Gasteiger partial charge in [0.2, 0.25) is 11.8 Å². The van der Waals surface area contributed by atoms with Crippen LogP contribution in [0.5, 0.6) is 0 Å². The van der Waals surface area contributed by atoms with Gasteiger partial charge in [-0.05, 0) is 19.3 Å². The Bertz CT molecular complexity index is 618. The fraction of sp³-hybridized carbons (Fsp3) is 0.938. The molecule has 1 rings (SSSR count). The predicted molar refractivity (Wildman–Crippen MR) is 165 cm³/mol. The van der Waals surface area contributed by atoms with Crippen LogP contribution in [0.25, 0.3) is 0 Å². The first kappa shape index (κ1) is 36.8. The summed E-state index contributed by atoms with van der Waals surface area (Å²) in [6, 6.07) is 0. The number of hydrogen-bond acceptors (Lipinski definition) is 6. The van der Waals surface area contributed by atoms with Crippen LogP contribution >= 0.6 is 0 Å². The molecule has 1 fully saturated rings. The Kier molecular flexibility index (Phi) is 21.5. The molecule has 1 heterocycles. The number of aliphatic hydroxyl groups excluding tert-OH is 2. The fourth-order valence-electron chi connectivity index (χ4n) is 5.64. The van der Waals surface area contributed by atoms with Crippen molar-refractivity contribution in [2.45, 2.75) is 167 Å². The van der Waals surface area contributed by atoms with Crippen molar-refractivity contribution in [2.24, 2.45) is 0 Å².